The minimum absolute atomic E-state index is 0.211. The third-order valence-corrected chi connectivity index (χ3v) is 4.03. The molecule has 0 radical (unpaired) electrons. The molecule has 0 spiro atoms. The maximum atomic E-state index is 9.57. The Bertz CT molecular complexity index is 647. The number of carboxylic acid groups (broad SMARTS) is 4. The highest BCUT2D eigenvalue weighted by atomic mass is 16.4. The second-order valence-electron chi connectivity index (χ2n) is 13.6. The third kappa shape index (κ3) is 123. The predicted molar refractivity (Wildman–Crippen MR) is 167 cm³/mol. The van der Waals surface area contributed by atoms with Gasteiger partial charge in [-0.05, 0) is 13.3 Å². The molecule has 0 aromatic rings. The number of aliphatic hydroxyl groups is 5. The molecule has 0 fully saturated rings. The average Bonchev–Trinajstić information content (AvgIpc) is 2.76. The number of quaternary nitrogens is 4. The summed E-state index contributed by atoms with van der Waals surface area (Å²) in [5.74, 6) is -5.73. The van der Waals surface area contributed by atoms with E-state index in [0.29, 0.717) is 0 Å². The minimum Gasteiger partial charge on any atom is -0.550 e. The van der Waals surface area contributed by atoms with Gasteiger partial charge in [-0.15, -0.1) is 0 Å². The lowest BCUT2D eigenvalue weighted by molar-refractivity contribution is -0.870. The molecule has 0 aliphatic heterocycles. The number of aliphatic carboxylic acids is 4. The number of carboxylic acids is 4. The van der Waals surface area contributed by atoms with Crippen LogP contribution in [0.2, 0.25) is 0 Å². The first-order valence-electron chi connectivity index (χ1n) is 14.4. The molecule has 0 heterocycles. The fourth-order valence-corrected chi connectivity index (χ4v) is 1.48. The normalized spacial score (nSPS) is 11.1. The lowest BCUT2D eigenvalue weighted by atomic mass is 10.3. The number of aliphatic hydroxyl groups excluding tert-OH is 5. The summed E-state index contributed by atoms with van der Waals surface area (Å²) in [6.07, 6.45) is -2.11. The van der Waals surface area contributed by atoms with E-state index in [-0.39, 0.29) is 32.8 Å². The van der Waals surface area contributed by atoms with E-state index >= 15 is 0 Å². The molecule has 17 nitrogen and oxygen atoms in total. The molecular formula is C29H68N4O13. The molecule has 0 saturated heterocycles. The van der Waals surface area contributed by atoms with Crippen molar-refractivity contribution in [2.75, 3.05) is 137 Å². The maximum Gasteiger partial charge on any atom is 0.101 e. The number of carbonyl (C=O) groups is 4. The van der Waals surface area contributed by atoms with Crippen LogP contribution in [-0.2, 0) is 19.2 Å². The van der Waals surface area contributed by atoms with Crippen molar-refractivity contribution in [3.05, 3.63) is 0 Å². The molecule has 17 heteroatoms. The molecule has 0 aromatic carbocycles. The molecule has 1 atom stereocenters. The van der Waals surface area contributed by atoms with Gasteiger partial charge >= 0.3 is 0 Å². The number of rotatable bonds is 12. The van der Waals surface area contributed by atoms with Crippen LogP contribution in [0, 0.1) is 0 Å². The molecule has 0 saturated carbocycles. The van der Waals surface area contributed by atoms with Gasteiger partial charge in [-0.25, -0.2) is 0 Å². The zero-order valence-electron chi connectivity index (χ0n) is 30.9. The van der Waals surface area contributed by atoms with Crippen LogP contribution < -0.4 is 20.4 Å². The van der Waals surface area contributed by atoms with Gasteiger partial charge in [0.1, 0.15) is 26.2 Å². The largest absolute Gasteiger partial charge is 0.550 e. The fourth-order valence-electron chi connectivity index (χ4n) is 1.48. The summed E-state index contributed by atoms with van der Waals surface area (Å²) >= 11 is 0. The number of carbonyl (C=O) groups excluding carboxylic acids is 4. The molecule has 0 amide bonds. The Kier molecular flexibility index (Phi) is 43.4. The highest BCUT2D eigenvalue weighted by Gasteiger charge is 2.04. The molecule has 5 N–H and O–H groups in total. The van der Waals surface area contributed by atoms with Crippen LogP contribution in [0.15, 0.2) is 0 Å². The summed E-state index contributed by atoms with van der Waals surface area (Å²) < 4.78 is 3.38. The molecule has 46 heavy (non-hydrogen) atoms. The molecule has 1 unspecified atom stereocenters. The topological polar surface area (TPSA) is 262 Å². The fraction of sp³-hybridized carbons (Fsp3) is 0.862. The van der Waals surface area contributed by atoms with Crippen molar-refractivity contribution in [1.82, 2.24) is 0 Å². The molecule has 0 rings (SSSR count). The van der Waals surface area contributed by atoms with Gasteiger partial charge in [0.25, 0.3) is 0 Å². The van der Waals surface area contributed by atoms with E-state index in [4.69, 9.17) is 35.4 Å². The Morgan fingerprint density at radius 3 is 0.696 bits per heavy atom. The van der Waals surface area contributed by atoms with Crippen LogP contribution in [0.25, 0.3) is 0 Å². The molecule has 0 aromatic heterocycles. The lowest BCUT2D eigenvalue weighted by Gasteiger charge is -2.21. The van der Waals surface area contributed by atoms with Crippen molar-refractivity contribution >= 4 is 23.9 Å². The van der Waals surface area contributed by atoms with E-state index in [1.165, 1.54) is 0 Å². The van der Waals surface area contributed by atoms with Gasteiger partial charge in [0.05, 0.1) is 123 Å². The summed E-state index contributed by atoms with van der Waals surface area (Å²) in [5.41, 5.74) is 0. The Balaban J connectivity index is -0.0000000776. The van der Waals surface area contributed by atoms with Gasteiger partial charge in [0.15, 0.2) is 0 Å². The van der Waals surface area contributed by atoms with E-state index in [9.17, 15) is 29.7 Å². The zero-order valence-corrected chi connectivity index (χ0v) is 30.9. The Morgan fingerprint density at radius 1 is 0.522 bits per heavy atom. The van der Waals surface area contributed by atoms with E-state index < -0.39 is 36.4 Å². The number of likely N-dealkylation sites (N-methyl/N-ethyl adjacent to an activating group) is 4. The average molecular weight is 681 g/mol. The summed E-state index contributed by atoms with van der Waals surface area (Å²) in [4.78, 5) is 37.0. The minimum atomic E-state index is -1.63. The second-order valence-corrected chi connectivity index (χ2v) is 13.6. The SMILES string of the molecule is CC(=O)[O-].CCC(O)C(=O)[O-].C[N+](C)(C)CCO.C[N+](C)(C)CCO.C[N+](C)(C)CCO.C[N+](C)(C)CCO.O=C([O-])CC(=O)[O-]. The molecule has 0 aliphatic carbocycles. The van der Waals surface area contributed by atoms with Gasteiger partial charge < -0.3 is 83.1 Å². The number of nitrogens with zero attached hydrogens (tertiary/aromatic N) is 4. The Hall–Kier alpha value is -2.48. The maximum absolute atomic E-state index is 9.57. The summed E-state index contributed by atoms with van der Waals surface area (Å²) in [6, 6.07) is 0. The van der Waals surface area contributed by atoms with Gasteiger partial charge in [-0.2, -0.15) is 0 Å². The van der Waals surface area contributed by atoms with Crippen molar-refractivity contribution in [3.63, 3.8) is 0 Å². The van der Waals surface area contributed by atoms with Gasteiger partial charge in [0.2, 0.25) is 0 Å². The van der Waals surface area contributed by atoms with E-state index in [2.05, 4.69) is 84.6 Å². The summed E-state index contributed by atoms with van der Waals surface area (Å²) in [6.45, 7) is 7.00. The van der Waals surface area contributed by atoms with Crippen LogP contribution in [0.1, 0.15) is 26.7 Å². The van der Waals surface area contributed by atoms with Crippen LogP contribution in [-0.4, -0.2) is 211 Å². The van der Waals surface area contributed by atoms with Crippen molar-refractivity contribution < 1.29 is 83.1 Å². The first kappa shape index (κ1) is 59.0. The van der Waals surface area contributed by atoms with Crippen LogP contribution >= 0.6 is 0 Å². The lowest BCUT2D eigenvalue weighted by Crippen LogP contribution is -2.36. The Labute approximate surface area is 277 Å². The quantitative estimate of drug-likeness (QED) is 0.0949. The third-order valence-electron chi connectivity index (χ3n) is 4.03. The van der Waals surface area contributed by atoms with Crippen molar-refractivity contribution in [1.29, 1.82) is 0 Å². The monoisotopic (exact) mass is 680 g/mol. The first-order valence-corrected chi connectivity index (χ1v) is 14.4. The van der Waals surface area contributed by atoms with Crippen LogP contribution in [0.5, 0.6) is 0 Å². The Morgan fingerprint density at radius 2 is 0.696 bits per heavy atom. The highest BCUT2D eigenvalue weighted by Crippen LogP contribution is 1.87. The molecule has 282 valence electrons. The van der Waals surface area contributed by atoms with Gasteiger partial charge in [0, 0.05) is 24.3 Å². The number of hydrogen-bond acceptors (Lipinski definition) is 13. The van der Waals surface area contributed by atoms with E-state index in [1.54, 1.807) is 6.92 Å². The standard InChI is InChI=1S/4C5H14NO.C4H8O3.C3H4O4.C2H4O2/c4*1-6(2,3)4-5-7;1-2-3(5)4(6)7;4-2(5)1-3(6)7;1-2(3)4/h4*7H,4-5H2,1-3H3;3,5H,2H2,1H3,(H,6,7);1H2,(H,4,5)(H,6,7);1H3,(H,3,4)/q4*+1;;;/p-4. The van der Waals surface area contributed by atoms with Crippen LogP contribution in [0.4, 0.5) is 0 Å². The van der Waals surface area contributed by atoms with E-state index in [0.717, 1.165) is 51.0 Å². The number of hydrogen-bond donors (Lipinski definition) is 5. The van der Waals surface area contributed by atoms with Gasteiger partial charge in [-0.3, -0.25) is 0 Å². The molecule has 0 bridgehead atoms. The second kappa shape index (κ2) is 33.9. The molecular weight excluding hydrogens is 612 g/mol. The molecule has 0 aliphatic rings. The predicted octanol–water partition coefficient (Wildman–Crippen LogP) is -7.12. The highest BCUT2D eigenvalue weighted by molar-refractivity contribution is 5.86. The van der Waals surface area contributed by atoms with Crippen molar-refractivity contribution in [2.45, 2.75) is 32.8 Å². The summed E-state index contributed by atoms with van der Waals surface area (Å²) in [5, 5.41) is 78.8. The first-order chi connectivity index (χ1) is 20.3. The van der Waals surface area contributed by atoms with Gasteiger partial charge in [-0.1, -0.05) is 6.92 Å². The van der Waals surface area contributed by atoms with Crippen molar-refractivity contribution in [2.24, 2.45) is 0 Å². The van der Waals surface area contributed by atoms with Crippen molar-refractivity contribution in [3.8, 4) is 0 Å². The smallest absolute Gasteiger partial charge is 0.101 e. The zero-order chi connectivity index (χ0) is 39.0. The summed E-state index contributed by atoms with van der Waals surface area (Å²) in [7, 11) is 24.6. The van der Waals surface area contributed by atoms with E-state index in [1.807, 2.05) is 0 Å². The van der Waals surface area contributed by atoms with Crippen LogP contribution in [0.3, 0.4) is 0 Å².